The van der Waals surface area contributed by atoms with Gasteiger partial charge in [-0.2, -0.15) is 5.10 Å². The minimum Gasteiger partial charge on any atom is -0.379 e. The number of rotatable bonds is 7. The Labute approximate surface area is 211 Å². The van der Waals surface area contributed by atoms with Gasteiger partial charge in [0, 0.05) is 38.1 Å². The SMILES string of the molecule is CC(C)(C)NC(=O)N(CCN1CCOCC1)CC(=O)N1N=C(c2cccs2)C[C@H]1c1ccccc1. The molecule has 0 bridgehead atoms. The van der Waals surface area contributed by atoms with Crippen molar-refractivity contribution in [3.63, 3.8) is 0 Å². The van der Waals surface area contributed by atoms with Crippen molar-refractivity contribution in [2.75, 3.05) is 45.9 Å². The quantitative estimate of drug-likeness (QED) is 0.635. The van der Waals surface area contributed by atoms with Crippen LogP contribution in [-0.2, 0) is 9.53 Å². The van der Waals surface area contributed by atoms with Crippen molar-refractivity contribution in [2.45, 2.75) is 38.8 Å². The number of hydrogen-bond acceptors (Lipinski definition) is 6. The minimum atomic E-state index is -0.401. The zero-order valence-corrected chi connectivity index (χ0v) is 21.6. The van der Waals surface area contributed by atoms with E-state index in [0.717, 1.165) is 29.2 Å². The molecule has 3 heterocycles. The molecule has 0 aliphatic carbocycles. The van der Waals surface area contributed by atoms with Crippen LogP contribution in [0.15, 0.2) is 52.9 Å². The molecule has 0 saturated carbocycles. The van der Waals surface area contributed by atoms with Crippen LogP contribution in [0.4, 0.5) is 4.79 Å². The molecule has 1 saturated heterocycles. The standard InChI is InChI=1S/C26H35N5O3S/c1-26(2,3)27-25(33)30(12-11-29-13-15-34-16-14-29)19-24(32)31-22(20-8-5-4-6-9-20)18-21(28-31)23-10-7-17-35-23/h4-10,17,22H,11-16,18-19H2,1-3H3,(H,27,33)/t22-/m0/s1. The highest BCUT2D eigenvalue weighted by atomic mass is 32.1. The van der Waals surface area contributed by atoms with E-state index in [9.17, 15) is 9.59 Å². The number of hydrazone groups is 1. The number of morpholine rings is 1. The van der Waals surface area contributed by atoms with Gasteiger partial charge < -0.3 is 15.0 Å². The lowest BCUT2D eigenvalue weighted by Crippen LogP contribution is -2.53. The second-order valence-electron chi connectivity index (χ2n) is 9.95. The number of hydrogen-bond donors (Lipinski definition) is 1. The summed E-state index contributed by atoms with van der Waals surface area (Å²) < 4.78 is 5.44. The van der Waals surface area contributed by atoms with Crippen molar-refractivity contribution in [1.82, 2.24) is 20.1 Å². The Morgan fingerprint density at radius 2 is 1.89 bits per heavy atom. The fraction of sp³-hybridized carbons (Fsp3) is 0.500. The van der Waals surface area contributed by atoms with Crippen LogP contribution in [0, 0.1) is 0 Å². The molecule has 2 aromatic rings. The van der Waals surface area contributed by atoms with Crippen molar-refractivity contribution >= 4 is 29.0 Å². The molecular formula is C26H35N5O3S. The third-order valence-electron chi connectivity index (χ3n) is 6.04. The molecule has 1 aromatic carbocycles. The van der Waals surface area contributed by atoms with E-state index in [1.54, 1.807) is 21.2 Å². The summed E-state index contributed by atoms with van der Waals surface area (Å²) in [5, 5.41) is 11.4. The first-order chi connectivity index (χ1) is 16.8. The maximum Gasteiger partial charge on any atom is 0.318 e. The van der Waals surface area contributed by atoms with E-state index in [1.165, 1.54) is 0 Å². The smallest absolute Gasteiger partial charge is 0.318 e. The molecule has 1 atom stereocenters. The molecule has 4 rings (SSSR count). The van der Waals surface area contributed by atoms with Gasteiger partial charge in [-0.05, 0) is 37.8 Å². The number of carbonyl (C=O) groups excluding carboxylic acids is 2. The van der Waals surface area contributed by atoms with Crippen molar-refractivity contribution in [3.8, 4) is 0 Å². The molecule has 3 amide bonds. The fourth-order valence-electron chi connectivity index (χ4n) is 4.24. The number of nitrogens with one attached hydrogen (secondary N) is 1. The first-order valence-electron chi connectivity index (χ1n) is 12.2. The van der Waals surface area contributed by atoms with Crippen LogP contribution in [0.2, 0.25) is 0 Å². The highest BCUT2D eigenvalue weighted by molar-refractivity contribution is 7.12. The first-order valence-corrected chi connectivity index (χ1v) is 13.0. The lowest BCUT2D eigenvalue weighted by molar-refractivity contribution is -0.133. The lowest BCUT2D eigenvalue weighted by atomic mass is 10.0. The van der Waals surface area contributed by atoms with Crippen LogP contribution in [0.25, 0.3) is 0 Å². The molecule has 0 spiro atoms. The highest BCUT2D eigenvalue weighted by Crippen LogP contribution is 2.33. The third kappa shape index (κ3) is 6.90. The normalized spacial score (nSPS) is 18.9. The van der Waals surface area contributed by atoms with Crippen LogP contribution in [0.5, 0.6) is 0 Å². The Balaban J connectivity index is 1.52. The predicted molar refractivity (Wildman–Crippen MR) is 139 cm³/mol. The number of ether oxygens (including phenoxy) is 1. The minimum absolute atomic E-state index is 0.0309. The average Bonchev–Trinajstić information content (AvgIpc) is 3.52. The number of urea groups is 1. The van der Waals surface area contributed by atoms with Crippen molar-refractivity contribution in [3.05, 3.63) is 58.3 Å². The Morgan fingerprint density at radius 3 is 2.54 bits per heavy atom. The molecule has 8 nitrogen and oxygen atoms in total. The third-order valence-corrected chi connectivity index (χ3v) is 6.96. The summed E-state index contributed by atoms with van der Waals surface area (Å²) in [7, 11) is 0. The van der Waals surface area contributed by atoms with Gasteiger partial charge in [0.25, 0.3) is 5.91 Å². The van der Waals surface area contributed by atoms with Crippen molar-refractivity contribution < 1.29 is 14.3 Å². The van der Waals surface area contributed by atoms with E-state index in [1.807, 2.05) is 68.6 Å². The summed E-state index contributed by atoms with van der Waals surface area (Å²) in [5.74, 6) is -0.184. The summed E-state index contributed by atoms with van der Waals surface area (Å²) in [6.07, 6.45) is 0.651. The van der Waals surface area contributed by atoms with Gasteiger partial charge in [0.1, 0.15) is 6.54 Å². The Bertz CT molecular complexity index is 1010. The van der Waals surface area contributed by atoms with Crippen LogP contribution >= 0.6 is 11.3 Å². The van der Waals surface area contributed by atoms with Gasteiger partial charge >= 0.3 is 6.03 Å². The molecule has 0 unspecified atom stereocenters. The van der Waals surface area contributed by atoms with Gasteiger partial charge in [0.05, 0.1) is 29.8 Å². The van der Waals surface area contributed by atoms with Crippen LogP contribution in [0.3, 0.4) is 0 Å². The Hall–Kier alpha value is -2.75. The molecular weight excluding hydrogens is 462 g/mol. The second kappa shape index (κ2) is 11.3. The molecule has 9 heteroatoms. The number of benzene rings is 1. The summed E-state index contributed by atoms with van der Waals surface area (Å²) in [6, 6.07) is 13.6. The molecule has 1 aromatic heterocycles. The Morgan fingerprint density at radius 1 is 1.14 bits per heavy atom. The fourth-order valence-corrected chi connectivity index (χ4v) is 4.96. The molecule has 1 fully saturated rings. The molecule has 0 radical (unpaired) electrons. The summed E-state index contributed by atoms with van der Waals surface area (Å²) in [6.45, 7) is 10.00. The maximum absolute atomic E-state index is 13.6. The van der Waals surface area contributed by atoms with E-state index < -0.39 is 5.54 Å². The van der Waals surface area contributed by atoms with Gasteiger partial charge in [-0.25, -0.2) is 9.80 Å². The number of nitrogens with zero attached hydrogens (tertiary/aromatic N) is 4. The zero-order valence-electron chi connectivity index (χ0n) is 20.8. The average molecular weight is 498 g/mol. The Kier molecular flexibility index (Phi) is 8.20. The van der Waals surface area contributed by atoms with Gasteiger partial charge in [-0.1, -0.05) is 36.4 Å². The zero-order chi connectivity index (χ0) is 24.8. The summed E-state index contributed by atoms with van der Waals surface area (Å²) in [4.78, 5) is 31.7. The topological polar surface area (TPSA) is 77.5 Å². The molecule has 2 aliphatic heterocycles. The van der Waals surface area contributed by atoms with Crippen LogP contribution < -0.4 is 5.32 Å². The predicted octanol–water partition coefficient (Wildman–Crippen LogP) is 3.57. The highest BCUT2D eigenvalue weighted by Gasteiger charge is 2.35. The van der Waals surface area contributed by atoms with E-state index in [0.29, 0.717) is 32.7 Å². The first kappa shape index (κ1) is 25.3. The van der Waals surface area contributed by atoms with Crippen LogP contribution in [0.1, 0.15) is 43.7 Å². The number of carbonyl (C=O) groups is 2. The summed E-state index contributed by atoms with van der Waals surface area (Å²) >= 11 is 1.62. The van der Waals surface area contributed by atoms with Crippen molar-refractivity contribution in [2.24, 2.45) is 5.10 Å². The van der Waals surface area contributed by atoms with E-state index in [-0.39, 0.29) is 24.5 Å². The second-order valence-corrected chi connectivity index (χ2v) is 10.9. The van der Waals surface area contributed by atoms with Gasteiger partial charge in [-0.15, -0.1) is 11.3 Å². The molecule has 188 valence electrons. The van der Waals surface area contributed by atoms with Gasteiger partial charge in [0.2, 0.25) is 0 Å². The molecule has 1 N–H and O–H groups in total. The van der Waals surface area contributed by atoms with E-state index in [2.05, 4.69) is 10.2 Å². The lowest BCUT2D eigenvalue weighted by Gasteiger charge is -2.32. The van der Waals surface area contributed by atoms with E-state index >= 15 is 0 Å². The maximum atomic E-state index is 13.6. The van der Waals surface area contributed by atoms with E-state index in [4.69, 9.17) is 9.84 Å². The monoisotopic (exact) mass is 497 g/mol. The summed E-state index contributed by atoms with van der Waals surface area (Å²) in [5.41, 5.74) is 1.54. The molecule has 35 heavy (non-hydrogen) atoms. The van der Waals surface area contributed by atoms with Crippen molar-refractivity contribution in [1.29, 1.82) is 0 Å². The number of thiophene rings is 1. The van der Waals surface area contributed by atoms with Crippen LogP contribution in [-0.4, -0.2) is 83.9 Å². The molecule has 2 aliphatic rings. The van der Waals surface area contributed by atoms with Gasteiger partial charge in [-0.3, -0.25) is 9.69 Å². The number of amides is 3. The largest absolute Gasteiger partial charge is 0.379 e. The van der Waals surface area contributed by atoms with Gasteiger partial charge in [0.15, 0.2) is 0 Å².